The lowest BCUT2D eigenvalue weighted by Crippen LogP contribution is -2.21. The van der Waals surface area contributed by atoms with Gasteiger partial charge in [-0.15, -0.1) is 0 Å². The average Bonchev–Trinajstić information content (AvgIpc) is 2.81. The molecule has 23 heavy (non-hydrogen) atoms. The van der Waals surface area contributed by atoms with Crippen LogP contribution in [0.15, 0.2) is 24.3 Å². The van der Waals surface area contributed by atoms with Crippen molar-refractivity contribution in [3.63, 3.8) is 0 Å². The van der Waals surface area contributed by atoms with E-state index >= 15 is 0 Å². The number of carbonyl (C=O) groups excluding carboxylic acids is 1. The Morgan fingerprint density at radius 1 is 1.26 bits per heavy atom. The normalized spacial score (nSPS) is 11.4. The number of carbonyl (C=O) groups is 1. The molecule has 0 fully saturated rings. The van der Waals surface area contributed by atoms with Crippen LogP contribution in [0.4, 0.5) is 5.82 Å². The topological polar surface area (TPSA) is 56.2 Å². The summed E-state index contributed by atoms with van der Waals surface area (Å²) in [6, 6.07) is 6.70. The zero-order chi connectivity index (χ0) is 17.2. The lowest BCUT2D eigenvalue weighted by molar-refractivity contribution is -0.118. The highest BCUT2D eigenvalue weighted by Gasteiger charge is 2.19. The summed E-state index contributed by atoms with van der Waals surface area (Å²) in [5.74, 6) is 0.826. The molecule has 2 rings (SSSR count). The molecular weight excluding hydrogens is 337 g/mol. The zero-order valence-corrected chi connectivity index (χ0v) is 15.0. The van der Waals surface area contributed by atoms with Crippen LogP contribution in [0.25, 0.3) is 0 Å². The maximum Gasteiger partial charge on any atom is 0.263 e. The molecule has 1 amide bonds. The third kappa shape index (κ3) is 4.62. The second kappa shape index (κ2) is 6.81. The Balaban J connectivity index is 1.97. The zero-order valence-electron chi connectivity index (χ0n) is 13.5. The first-order valence-corrected chi connectivity index (χ1v) is 7.84. The minimum atomic E-state index is -0.278. The molecule has 0 aliphatic rings. The molecule has 0 spiro atoms. The van der Waals surface area contributed by atoms with Gasteiger partial charge in [0, 0.05) is 24.6 Å². The van der Waals surface area contributed by atoms with E-state index in [1.807, 2.05) is 6.07 Å². The minimum Gasteiger partial charge on any atom is -0.484 e. The molecule has 0 bridgehead atoms. The van der Waals surface area contributed by atoms with Crippen molar-refractivity contribution in [2.45, 2.75) is 26.2 Å². The van der Waals surface area contributed by atoms with Gasteiger partial charge in [0.2, 0.25) is 0 Å². The van der Waals surface area contributed by atoms with Gasteiger partial charge < -0.3 is 10.1 Å². The Hall–Kier alpha value is -1.72. The molecule has 1 aromatic carbocycles. The van der Waals surface area contributed by atoms with Gasteiger partial charge in [-0.1, -0.05) is 44.0 Å². The van der Waals surface area contributed by atoms with Crippen LogP contribution < -0.4 is 10.1 Å². The highest BCUT2D eigenvalue weighted by atomic mass is 35.5. The highest BCUT2D eigenvalue weighted by Crippen LogP contribution is 2.26. The standard InChI is InChI=1S/C16H19Cl2N3O2/c1-16(2,3)13-8-14(21(4)20-13)19-15(22)9-23-10-5-6-11(17)12(18)7-10/h5-8H,9H2,1-4H3,(H,19,22). The van der Waals surface area contributed by atoms with Crippen LogP contribution in [0, 0.1) is 0 Å². The van der Waals surface area contributed by atoms with Crippen molar-refractivity contribution in [3.05, 3.63) is 40.0 Å². The molecule has 0 saturated carbocycles. The van der Waals surface area contributed by atoms with E-state index < -0.39 is 0 Å². The fourth-order valence-electron chi connectivity index (χ4n) is 1.85. The number of benzene rings is 1. The fraction of sp³-hybridized carbons (Fsp3) is 0.375. The fourth-order valence-corrected chi connectivity index (χ4v) is 2.13. The van der Waals surface area contributed by atoms with Crippen molar-refractivity contribution in [2.24, 2.45) is 7.05 Å². The average molecular weight is 356 g/mol. The molecule has 1 N–H and O–H groups in total. The number of aryl methyl sites for hydroxylation is 1. The predicted octanol–water partition coefficient (Wildman–Crippen LogP) is 4.04. The Bertz CT molecular complexity index is 721. The number of ether oxygens (including phenoxy) is 1. The van der Waals surface area contributed by atoms with Gasteiger partial charge in [0.1, 0.15) is 11.6 Å². The van der Waals surface area contributed by atoms with E-state index in [0.29, 0.717) is 21.6 Å². The largest absolute Gasteiger partial charge is 0.484 e. The maximum atomic E-state index is 12.0. The molecule has 0 atom stereocenters. The first kappa shape index (κ1) is 17.6. The maximum absolute atomic E-state index is 12.0. The van der Waals surface area contributed by atoms with E-state index in [2.05, 4.69) is 31.2 Å². The summed E-state index contributed by atoms with van der Waals surface area (Å²) in [5.41, 5.74) is 0.817. The van der Waals surface area contributed by atoms with E-state index in [1.165, 1.54) is 0 Å². The number of nitrogens with zero attached hydrogens (tertiary/aromatic N) is 2. The van der Waals surface area contributed by atoms with Crippen LogP contribution in [-0.2, 0) is 17.3 Å². The van der Waals surface area contributed by atoms with Gasteiger partial charge in [0.05, 0.1) is 15.7 Å². The minimum absolute atomic E-state index is 0.0860. The molecule has 0 aliphatic heterocycles. The van der Waals surface area contributed by atoms with Crippen LogP contribution in [0.1, 0.15) is 26.5 Å². The summed E-state index contributed by atoms with van der Waals surface area (Å²) < 4.78 is 7.04. The Morgan fingerprint density at radius 3 is 2.52 bits per heavy atom. The molecular formula is C16H19Cl2N3O2. The van der Waals surface area contributed by atoms with Crippen LogP contribution in [0.3, 0.4) is 0 Å². The number of hydrogen-bond acceptors (Lipinski definition) is 3. The predicted molar refractivity (Wildman–Crippen MR) is 92.5 cm³/mol. The molecule has 0 radical (unpaired) electrons. The molecule has 7 heteroatoms. The SMILES string of the molecule is Cn1nc(C(C)(C)C)cc1NC(=O)COc1ccc(Cl)c(Cl)c1. The van der Waals surface area contributed by atoms with Gasteiger partial charge >= 0.3 is 0 Å². The van der Waals surface area contributed by atoms with Gasteiger partial charge in [0.25, 0.3) is 5.91 Å². The number of halogens is 2. The van der Waals surface area contributed by atoms with Crippen LogP contribution >= 0.6 is 23.2 Å². The molecule has 124 valence electrons. The molecule has 1 aromatic heterocycles. The lowest BCUT2D eigenvalue weighted by atomic mass is 9.92. The Kier molecular flexibility index (Phi) is 5.22. The van der Waals surface area contributed by atoms with Gasteiger partial charge in [-0.25, -0.2) is 0 Å². The highest BCUT2D eigenvalue weighted by molar-refractivity contribution is 6.42. The Morgan fingerprint density at radius 2 is 1.96 bits per heavy atom. The number of hydrogen-bond donors (Lipinski definition) is 1. The van der Waals surface area contributed by atoms with Crippen molar-refractivity contribution in [1.82, 2.24) is 9.78 Å². The number of rotatable bonds is 4. The summed E-state index contributed by atoms with van der Waals surface area (Å²) in [4.78, 5) is 12.0. The molecule has 0 unspecified atom stereocenters. The van der Waals surface area contributed by atoms with Gasteiger partial charge in [-0.05, 0) is 12.1 Å². The molecule has 0 saturated heterocycles. The van der Waals surface area contributed by atoms with E-state index in [-0.39, 0.29) is 17.9 Å². The summed E-state index contributed by atoms with van der Waals surface area (Å²) in [6.45, 7) is 6.06. The summed E-state index contributed by atoms with van der Waals surface area (Å²) in [7, 11) is 1.78. The summed E-state index contributed by atoms with van der Waals surface area (Å²) >= 11 is 11.7. The molecule has 0 aliphatic carbocycles. The third-order valence-corrected chi connectivity index (χ3v) is 3.92. The van der Waals surface area contributed by atoms with Crippen LogP contribution in [0.5, 0.6) is 5.75 Å². The second-order valence-corrected chi connectivity index (χ2v) is 7.02. The number of nitrogens with one attached hydrogen (secondary N) is 1. The van der Waals surface area contributed by atoms with Crippen molar-refractivity contribution in [2.75, 3.05) is 11.9 Å². The summed E-state index contributed by atoms with van der Waals surface area (Å²) in [6.07, 6.45) is 0. The van der Waals surface area contributed by atoms with E-state index in [1.54, 1.807) is 29.9 Å². The molecule has 2 aromatic rings. The van der Waals surface area contributed by atoms with Gasteiger partial charge in [-0.3, -0.25) is 9.48 Å². The monoisotopic (exact) mass is 355 g/mol. The first-order valence-electron chi connectivity index (χ1n) is 7.09. The number of anilines is 1. The van der Waals surface area contributed by atoms with Gasteiger partial charge in [0.15, 0.2) is 6.61 Å². The van der Waals surface area contributed by atoms with E-state index in [4.69, 9.17) is 27.9 Å². The van der Waals surface area contributed by atoms with Crippen molar-refractivity contribution < 1.29 is 9.53 Å². The number of amides is 1. The smallest absolute Gasteiger partial charge is 0.263 e. The number of aromatic nitrogens is 2. The van der Waals surface area contributed by atoms with Crippen LogP contribution in [-0.4, -0.2) is 22.3 Å². The van der Waals surface area contributed by atoms with Gasteiger partial charge in [-0.2, -0.15) is 5.10 Å². The van der Waals surface area contributed by atoms with Crippen molar-refractivity contribution >= 4 is 34.9 Å². The molecule has 5 nitrogen and oxygen atoms in total. The second-order valence-electron chi connectivity index (χ2n) is 6.20. The van der Waals surface area contributed by atoms with Crippen molar-refractivity contribution in [1.29, 1.82) is 0 Å². The van der Waals surface area contributed by atoms with E-state index in [0.717, 1.165) is 5.69 Å². The lowest BCUT2D eigenvalue weighted by Gasteiger charge is -2.13. The quantitative estimate of drug-likeness (QED) is 0.900. The Labute approximate surface area is 145 Å². The van der Waals surface area contributed by atoms with E-state index in [9.17, 15) is 4.79 Å². The third-order valence-electron chi connectivity index (χ3n) is 3.18. The summed E-state index contributed by atoms with van der Waals surface area (Å²) in [5, 5.41) is 8.00. The van der Waals surface area contributed by atoms with Crippen molar-refractivity contribution in [3.8, 4) is 5.75 Å². The van der Waals surface area contributed by atoms with Crippen LogP contribution in [0.2, 0.25) is 10.0 Å². The first-order chi connectivity index (χ1) is 10.7. The molecule has 1 heterocycles.